The molecular formula is C11H10BrFN2O2. The van der Waals surface area contributed by atoms with Gasteiger partial charge < -0.3 is 5.32 Å². The summed E-state index contributed by atoms with van der Waals surface area (Å²) in [5, 5.41) is 13.9. The molecule has 0 atom stereocenters. The van der Waals surface area contributed by atoms with Crippen LogP contribution >= 0.6 is 15.9 Å². The molecule has 0 saturated carbocycles. The van der Waals surface area contributed by atoms with Crippen LogP contribution in [0.4, 0.5) is 15.8 Å². The summed E-state index contributed by atoms with van der Waals surface area (Å²) in [6.45, 7) is 0. The smallest absolute Gasteiger partial charge is 0.295 e. The second-order valence-corrected chi connectivity index (χ2v) is 4.68. The van der Waals surface area contributed by atoms with Gasteiger partial charge in [-0.05, 0) is 34.8 Å². The Bertz CT molecular complexity index is 483. The van der Waals surface area contributed by atoms with E-state index in [4.69, 9.17) is 0 Å². The third-order valence-corrected chi connectivity index (χ3v) is 3.21. The molecule has 0 saturated heterocycles. The number of hydrogen-bond donors (Lipinski definition) is 1. The highest BCUT2D eigenvalue weighted by Gasteiger charge is 2.20. The maximum atomic E-state index is 13.2. The Labute approximate surface area is 106 Å². The van der Waals surface area contributed by atoms with Gasteiger partial charge in [0, 0.05) is 6.04 Å². The summed E-state index contributed by atoms with van der Waals surface area (Å²) in [5.41, 5.74) is 0.106. The number of nitro benzene ring substituents is 1. The van der Waals surface area contributed by atoms with Gasteiger partial charge >= 0.3 is 0 Å². The Morgan fingerprint density at radius 1 is 1.41 bits per heavy atom. The number of nitro groups is 1. The third-order valence-electron chi connectivity index (χ3n) is 2.60. The number of nitrogens with zero attached hydrogens (tertiary/aromatic N) is 1. The zero-order chi connectivity index (χ0) is 12.4. The molecule has 0 aliphatic heterocycles. The van der Waals surface area contributed by atoms with Crippen LogP contribution in [0, 0.1) is 15.9 Å². The SMILES string of the molecule is O=[N+]([O-])c1cc(F)c(Br)cc1NC1CC=CC1. The predicted octanol–water partition coefficient (Wildman–Crippen LogP) is 3.63. The molecule has 0 bridgehead atoms. The van der Waals surface area contributed by atoms with Crippen LogP contribution in [-0.2, 0) is 0 Å². The molecule has 1 N–H and O–H groups in total. The molecule has 1 aliphatic rings. The fourth-order valence-corrected chi connectivity index (χ4v) is 2.10. The van der Waals surface area contributed by atoms with Crippen LogP contribution in [-0.4, -0.2) is 11.0 Å². The number of anilines is 1. The first-order valence-electron chi connectivity index (χ1n) is 5.13. The van der Waals surface area contributed by atoms with E-state index in [0.717, 1.165) is 18.9 Å². The molecule has 1 aromatic carbocycles. The highest BCUT2D eigenvalue weighted by molar-refractivity contribution is 9.10. The lowest BCUT2D eigenvalue weighted by atomic mass is 10.2. The zero-order valence-corrected chi connectivity index (χ0v) is 10.4. The Morgan fingerprint density at radius 2 is 2.06 bits per heavy atom. The predicted molar refractivity (Wildman–Crippen MR) is 66.5 cm³/mol. The van der Waals surface area contributed by atoms with Crippen molar-refractivity contribution in [3.8, 4) is 0 Å². The summed E-state index contributed by atoms with van der Waals surface area (Å²) in [4.78, 5) is 10.2. The maximum absolute atomic E-state index is 13.2. The van der Waals surface area contributed by atoms with Crippen LogP contribution in [0.5, 0.6) is 0 Å². The van der Waals surface area contributed by atoms with E-state index < -0.39 is 10.7 Å². The van der Waals surface area contributed by atoms with Gasteiger partial charge in [0.1, 0.15) is 11.5 Å². The first kappa shape index (κ1) is 12.0. The molecule has 17 heavy (non-hydrogen) atoms. The number of nitrogens with one attached hydrogen (secondary N) is 1. The largest absolute Gasteiger partial charge is 0.376 e. The number of benzene rings is 1. The summed E-state index contributed by atoms with van der Waals surface area (Å²) in [6, 6.07) is 2.48. The molecule has 0 fully saturated rings. The number of rotatable bonds is 3. The molecule has 1 aromatic rings. The first-order valence-corrected chi connectivity index (χ1v) is 5.92. The van der Waals surface area contributed by atoms with Gasteiger partial charge in [-0.25, -0.2) is 4.39 Å². The second-order valence-electron chi connectivity index (χ2n) is 3.82. The number of halogens is 2. The first-order chi connectivity index (χ1) is 8.08. The fraction of sp³-hybridized carbons (Fsp3) is 0.273. The Kier molecular flexibility index (Phi) is 3.42. The van der Waals surface area contributed by atoms with Crippen LogP contribution in [0.2, 0.25) is 0 Å². The van der Waals surface area contributed by atoms with Gasteiger partial charge in [-0.2, -0.15) is 0 Å². The van der Waals surface area contributed by atoms with Gasteiger partial charge in [-0.3, -0.25) is 10.1 Å². The normalized spacial score (nSPS) is 15.2. The molecule has 0 amide bonds. The summed E-state index contributed by atoms with van der Waals surface area (Å²) < 4.78 is 13.5. The van der Waals surface area contributed by atoms with Crippen molar-refractivity contribution in [3.05, 3.63) is 44.7 Å². The molecular weight excluding hydrogens is 291 g/mol. The average molecular weight is 301 g/mol. The molecule has 0 unspecified atom stereocenters. The lowest BCUT2D eigenvalue weighted by molar-refractivity contribution is -0.384. The standard InChI is InChI=1S/C11H10BrFN2O2/c12-8-5-10(14-7-3-1-2-4-7)11(15(16)17)6-9(8)13/h1-2,5-7,14H,3-4H2. The van der Waals surface area contributed by atoms with Crippen molar-refractivity contribution in [2.75, 3.05) is 5.32 Å². The Hall–Kier alpha value is -1.43. The van der Waals surface area contributed by atoms with Gasteiger partial charge in [-0.15, -0.1) is 0 Å². The summed E-state index contributed by atoms with van der Waals surface area (Å²) in [7, 11) is 0. The molecule has 90 valence electrons. The van der Waals surface area contributed by atoms with E-state index in [9.17, 15) is 14.5 Å². The summed E-state index contributed by atoms with van der Waals surface area (Å²) in [5.74, 6) is -0.633. The van der Waals surface area contributed by atoms with Gasteiger partial charge in [0.25, 0.3) is 5.69 Å². The van der Waals surface area contributed by atoms with E-state index in [0.29, 0.717) is 5.69 Å². The van der Waals surface area contributed by atoms with Crippen molar-refractivity contribution in [2.24, 2.45) is 0 Å². The highest BCUT2D eigenvalue weighted by Crippen LogP contribution is 2.32. The molecule has 6 heteroatoms. The molecule has 0 aromatic heterocycles. The van der Waals surface area contributed by atoms with E-state index in [1.165, 1.54) is 6.07 Å². The number of hydrogen-bond acceptors (Lipinski definition) is 3. The van der Waals surface area contributed by atoms with E-state index >= 15 is 0 Å². The minimum Gasteiger partial charge on any atom is -0.376 e. The summed E-state index contributed by atoms with van der Waals surface area (Å²) >= 11 is 3.03. The topological polar surface area (TPSA) is 55.2 Å². The fourth-order valence-electron chi connectivity index (χ4n) is 1.76. The van der Waals surface area contributed by atoms with Crippen molar-refractivity contribution in [2.45, 2.75) is 18.9 Å². The molecule has 4 nitrogen and oxygen atoms in total. The van der Waals surface area contributed by atoms with Crippen molar-refractivity contribution in [1.82, 2.24) is 0 Å². The van der Waals surface area contributed by atoms with Crippen molar-refractivity contribution >= 4 is 27.3 Å². The molecule has 0 radical (unpaired) electrons. The highest BCUT2D eigenvalue weighted by atomic mass is 79.9. The van der Waals surface area contributed by atoms with Gasteiger partial charge in [0.2, 0.25) is 0 Å². The van der Waals surface area contributed by atoms with Crippen LogP contribution in [0.25, 0.3) is 0 Å². The van der Waals surface area contributed by atoms with Crippen molar-refractivity contribution in [1.29, 1.82) is 0 Å². The van der Waals surface area contributed by atoms with E-state index in [2.05, 4.69) is 21.2 Å². The van der Waals surface area contributed by atoms with E-state index in [1.54, 1.807) is 0 Å². The van der Waals surface area contributed by atoms with Gasteiger partial charge in [0.05, 0.1) is 15.5 Å². The molecule has 2 rings (SSSR count). The second kappa shape index (κ2) is 4.83. The van der Waals surface area contributed by atoms with E-state index in [1.807, 2.05) is 12.2 Å². The monoisotopic (exact) mass is 300 g/mol. The van der Waals surface area contributed by atoms with Gasteiger partial charge in [0.15, 0.2) is 0 Å². The van der Waals surface area contributed by atoms with Crippen molar-refractivity contribution < 1.29 is 9.31 Å². The summed E-state index contributed by atoms with van der Waals surface area (Å²) in [6.07, 6.45) is 5.68. The molecule has 0 spiro atoms. The van der Waals surface area contributed by atoms with Gasteiger partial charge in [-0.1, -0.05) is 12.2 Å². The Balaban J connectivity index is 2.30. The van der Waals surface area contributed by atoms with Crippen molar-refractivity contribution in [3.63, 3.8) is 0 Å². The minimum absolute atomic E-state index is 0.145. The molecule has 1 aliphatic carbocycles. The maximum Gasteiger partial charge on any atom is 0.295 e. The Morgan fingerprint density at radius 3 is 2.65 bits per heavy atom. The van der Waals surface area contributed by atoms with Crippen LogP contribution in [0.15, 0.2) is 28.8 Å². The van der Waals surface area contributed by atoms with Crippen LogP contribution in [0.1, 0.15) is 12.8 Å². The average Bonchev–Trinajstić information content (AvgIpc) is 2.75. The van der Waals surface area contributed by atoms with E-state index in [-0.39, 0.29) is 16.2 Å². The lowest BCUT2D eigenvalue weighted by Gasteiger charge is -2.14. The zero-order valence-electron chi connectivity index (χ0n) is 8.82. The molecule has 0 heterocycles. The lowest BCUT2D eigenvalue weighted by Crippen LogP contribution is -2.16. The minimum atomic E-state index is -0.633. The van der Waals surface area contributed by atoms with Crippen LogP contribution in [0.3, 0.4) is 0 Å². The van der Waals surface area contributed by atoms with Crippen LogP contribution < -0.4 is 5.32 Å². The third kappa shape index (κ3) is 2.63. The quantitative estimate of drug-likeness (QED) is 0.527.